The van der Waals surface area contributed by atoms with E-state index in [1.54, 1.807) is 0 Å². The van der Waals surface area contributed by atoms with Crippen LogP contribution in [-0.4, -0.2) is 0 Å². The fourth-order valence-corrected chi connectivity index (χ4v) is 2.36. The van der Waals surface area contributed by atoms with Gasteiger partial charge in [-0.15, -0.1) is 0 Å². The molecule has 0 unspecified atom stereocenters. The molecule has 3 rings (SSSR count). The second kappa shape index (κ2) is 4.21. The maximum atomic E-state index is 2.29. The molecular formula is C17H15. The van der Waals surface area contributed by atoms with E-state index in [4.69, 9.17) is 0 Å². The Balaban J connectivity index is 2.06. The van der Waals surface area contributed by atoms with Crippen molar-refractivity contribution in [3.8, 4) is 0 Å². The third kappa shape index (κ3) is 1.80. The van der Waals surface area contributed by atoms with Gasteiger partial charge < -0.3 is 0 Å². The number of hydrogen-bond donors (Lipinski definition) is 0. The van der Waals surface area contributed by atoms with Gasteiger partial charge in [0.1, 0.15) is 0 Å². The summed E-state index contributed by atoms with van der Waals surface area (Å²) in [6, 6.07) is 17.4. The van der Waals surface area contributed by atoms with Crippen molar-refractivity contribution < 1.29 is 0 Å². The quantitative estimate of drug-likeness (QED) is 0.708. The second-order valence-electron chi connectivity index (χ2n) is 4.39. The zero-order chi connectivity index (χ0) is 11.7. The first-order chi connectivity index (χ1) is 8.38. The lowest BCUT2D eigenvalue weighted by Crippen LogP contribution is -1.88. The van der Waals surface area contributed by atoms with Gasteiger partial charge in [0.2, 0.25) is 0 Å². The third-order valence-corrected chi connectivity index (χ3v) is 3.33. The Kier molecular flexibility index (Phi) is 2.56. The predicted octanol–water partition coefficient (Wildman–Crippen LogP) is 4.25. The molecule has 0 fully saturated rings. The lowest BCUT2D eigenvalue weighted by Gasteiger charge is -2.07. The molecule has 0 saturated carbocycles. The highest BCUT2D eigenvalue weighted by atomic mass is 14.2. The summed E-state index contributed by atoms with van der Waals surface area (Å²) in [5.41, 5.74) is 6.74. The molecule has 0 atom stereocenters. The van der Waals surface area contributed by atoms with Crippen LogP contribution in [0.4, 0.5) is 0 Å². The van der Waals surface area contributed by atoms with Crippen molar-refractivity contribution in [1.29, 1.82) is 0 Å². The summed E-state index contributed by atoms with van der Waals surface area (Å²) >= 11 is 0. The summed E-state index contributed by atoms with van der Waals surface area (Å²) in [4.78, 5) is 0. The molecule has 1 radical (unpaired) electrons. The Bertz CT molecular complexity index is 576. The molecule has 0 nitrogen and oxygen atoms in total. The maximum absolute atomic E-state index is 2.29. The van der Waals surface area contributed by atoms with Gasteiger partial charge in [-0.25, -0.2) is 0 Å². The SMILES string of the molecule is CCc1cccc(C2=C[CH]c3ccccc32)c1. The number of aryl methyl sites for hydroxylation is 1. The van der Waals surface area contributed by atoms with Gasteiger partial charge in [0.15, 0.2) is 0 Å². The molecule has 1 aliphatic carbocycles. The Morgan fingerprint density at radius 1 is 0.941 bits per heavy atom. The van der Waals surface area contributed by atoms with Gasteiger partial charge in [-0.05, 0) is 34.2 Å². The molecule has 0 heteroatoms. The molecule has 2 aromatic rings. The van der Waals surface area contributed by atoms with E-state index in [9.17, 15) is 0 Å². The molecule has 2 aromatic carbocycles. The van der Waals surface area contributed by atoms with E-state index in [0.717, 1.165) is 6.42 Å². The summed E-state index contributed by atoms with van der Waals surface area (Å²) in [7, 11) is 0. The number of rotatable bonds is 2. The summed E-state index contributed by atoms with van der Waals surface area (Å²) in [6.07, 6.45) is 5.51. The third-order valence-electron chi connectivity index (χ3n) is 3.33. The van der Waals surface area contributed by atoms with Crippen LogP contribution in [0.5, 0.6) is 0 Å². The maximum Gasteiger partial charge on any atom is 0.0138 e. The first kappa shape index (κ1) is 10.3. The summed E-state index contributed by atoms with van der Waals surface area (Å²) in [5.74, 6) is 0. The summed E-state index contributed by atoms with van der Waals surface area (Å²) in [5, 5.41) is 0. The lowest BCUT2D eigenvalue weighted by atomic mass is 9.97. The van der Waals surface area contributed by atoms with E-state index in [-0.39, 0.29) is 0 Å². The van der Waals surface area contributed by atoms with Crippen molar-refractivity contribution in [2.45, 2.75) is 13.3 Å². The molecule has 83 valence electrons. The van der Waals surface area contributed by atoms with Gasteiger partial charge >= 0.3 is 0 Å². The van der Waals surface area contributed by atoms with Crippen molar-refractivity contribution >= 4 is 5.57 Å². The monoisotopic (exact) mass is 219 g/mol. The van der Waals surface area contributed by atoms with E-state index in [2.05, 4.69) is 68.0 Å². The van der Waals surface area contributed by atoms with Crippen molar-refractivity contribution in [2.75, 3.05) is 0 Å². The molecule has 1 aliphatic rings. The molecule has 0 heterocycles. The predicted molar refractivity (Wildman–Crippen MR) is 72.7 cm³/mol. The number of fused-ring (bicyclic) bond motifs is 1. The van der Waals surface area contributed by atoms with Crippen molar-refractivity contribution in [3.63, 3.8) is 0 Å². The Morgan fingerprint density at radius 3 is 2.71 bits per heavy atom. The van der Waals surface area contributed by atoms with E-state index < -0.39 is 0 Å². The molecule has 0 spiro atoms. The number of benzene rings is 2. The van der Waals surface area contributed by atoms with E-state index in [1.165, 1.54) is 27.8 Å². The smallest absolute Gasteiger partial charge is 0.0138 e. The fraction of sp³-hybridized carbons (Fsp3) is 0.118. The Labute approximate surface area is 103 Å². The zero-order valence-electron chi connectivity index (χ0n) is 9.98. The van der Waals surface area contributed by atoms with Crippen molar-refractivity contribution in [1.82, 2.24) is 0 Å². The number of hydrogen-bond acceptors (Lipinski definition) is 0. The van der Waals surface area contributed by atoms with Gasteiger partial charge in [-0.1, -0.05) is 61.5 Å². The van der Waals surface area contributed by atoms with Crippen LogP contribution in [0.25, 0.3) is 5.57 Å². The molecule has 0 bridgehead atoms. The average molecular weight is 219 g/mol. The van der Waals surface area contributed by atoms with Crippen LogP contribution in [0.2, 0.25) is 0 Å². The van der Waals surface area contributed by atoms with E-state index >= 15 is 0 Å². The minimum Gasteiger partial charge on any atom is -0.0676 e. The van der Waals surface area contributed by atoms with Crippen LogP contribution in [0.1, 0.15) is 29.2 Å². The molecular weight excluding hydrogens is 204 g/mol. The van der Waals surface area contributed by atoms with Crippen LogP contribution in [0.3, 0.4) is 0 Å². The molecule has 0 amide bonds. The van der Waals surface area contributed by atoms with Crippen LogP contribution in [0, 0.1) is 6.42 Å². The Hall–Kier alpha value is -1.82. The normalized spacial score (nSPS) is 13.4. The van der Waals surface area contributed by atoms with Crippen LogP contribution >= 0.6 is 0 Å². The van der Waals surface area contributed by atoms with Gasteiger partial charge in [0.25, 0.3) is 0 Å². The standard InChI is InChI=1S/C17H15/c1-2-13-6-5-8-15(12-13)17-11-10-14-7-3-4-9-16(14)17/h3-12H,2H2,1H3. The van der Waals surface area contributed by atoms with Gasteiger partial charge in [-0.3, -0.25) is 0 Å². The first-order valence-electron chi connectivity index (χ1n) is 6.12. The molecule has 17 heavy (non-hydrogen) atoms. The van der Waals surface area contributed by atoms with E-state index in [0.29, 0.717) is 0 Å². The van der Waals surface area contributed by atoms with Gasteiger partial charge in [0, 0.05) is 6.42 Å². The highest BCUT2D eigenvalue weighted by Crippen LogP contribution is 2.33. The molecule has 0 aromatic heterocycles. The van der Waals surface area contributed by atoms with Gasteiger partial charge in [0.05, 0.1) is 0 Å². The van der Waals surface area contributed by atoms with Crippen LogP contribution < -0.4 is 0 Å². The van der Waals surface area contributed by atoms with Crippen molar-refractivity contribution in [3.05, 3.63) is 83.3 Å². The summed E-state index contributed by atoms with van der Waals surface area (Å²) < 4.78 is 0. The molecule has 0 N–H and O–H groups in total. The highest BCUT2D eigenvalue weighted by molar-refractivity contribution is 5.87. The highest BCUT2D eigenvalue weighted by Gasteiger charge is 2.14. The average Bonchev–Trinajstić information content (AvgIpc) is 2.82. The Morgan fingerprint density at radius 2 is 1.82 bits per heavy atom. The number of allylic oxidation sites excluding steroid dienone is 1. The van der Waals surface area contributed by atoms with Gasteiger partial charge in [-0.2, -0.15) is 0 Å². The molecule has 0 saturated heterocycles. The van der Waals surface area contributed by atoms with Crippen molar-refractivity contribution in [2.24, 2.45) is 0 Å². The van der Waals surface area contributed by atoms with Crippen LogP contribution in [0.15, 0.2) is 54.6 Å². The lowest BCUT2D eigenvalue weighted by molar-refractivity contribution is 1.14. The van der Waals surface area contributed by atoms with E-state index in [1.807, 2.05) is 0 Å². The van der Waals surface area contributed by atoms with Crippen LogP contribution in [-0.2, 0) is 6.42 Å². The first-order valence-corrected chi connectivity index (χ1v) is 6.12. The molecule has 0 aliphatic heterocycles. The largest absolute Gasteiger partial charge is 0.0676 e. The topological polar surface area (TPSA) is 0 Å². The zero-order valence-corrected chi connectivity index (χ0v) is 9.98. The fourth-order valence-electron chi connectivity index (χ4n) is 2.36. The minimum atomic E-state index is 1.09. The second-order valence-corrected chi connectivity index (χ2v) is 4.39. The minimum absolute atomic E-state index is 1.09. The summed E-state index contributed by atoms with van der Waals surface area (Å²) in [6.45, 7) is 2.20.